The largest absolute Gasteiger partial charge is 0.455 e. The predicted molar refractivity (Wildman–Crippen MR) is 110 cm³/mol. The molecule has 0 spiro atoms. The van der Waals surface area contributed by atoms with Crippen molar-refractivity contribution >= 4 is 34.6 Å². The number of piperazine rings is 1. The van der Waals surface area contributed by atoms with E-state index >= 15 is 0 Å². The van der Waals surface area contributed by atoms with E-state index in [1.807, 2.05) is 30.1 Å². The van der Waals surface area contributed by atoms with Gasteiger partial charge in [-0.2, -0.15) is 5.10 Å². The number of furan rings is 1. The summed E-state index contributed by atoms with van der Waals surface area (Å²) in [5.41, 5.74) is 0.195. The van der Waals surface area contributed by atoms with E-state index in [2.05, 4.69) is 15.0 Å². The van der Waals surface area contributed by atoms with E-state index in [9.17, 15) is 10.1 Å². The highest BCUT2D eigenvalue weighted by Gasteiger charge is 2.45. The van der Waals surface area contributed by atoms with Gasteiger partial charge in [-0.1, -0.05) is 11.6 Å². The number of rotatable bonds is 4. The topological polar surface area (TPSA) is 102 Å². The Balaban J connectivity index is 1.20. The van der Waals surface area contributed by atoms with E-state index in [0.29, 0.717) is 17.3 Å². The molecule has 0 bridgehead atoms. The molecule has 30 heavy (non-hydrogen) atoms. The Morgan fingerprint density at radius 3 is 2.83 bits per heavy atom. The number of nitrogens with zero attached hydrogens (tertiary/aromatic N) is 6. The van der Waals surface area contributed by atoms with Crippen molar-refractivity contribution in [1.29, 1.82) is 0 Å². The molecule has 4 heterocycles. The quantitative estimate of drug-likeness (QED) is 0.356. The van der Waals surface area contributed by atoms with Gasteiger partial charge in [-0.3, -0.25) is 14.5 Å². The molecule has 3 aromatic rings. The second-order valence-corrected chi connectivity index (χ2v) is 8.00. The first-order valence-corrected chi connectivity index (χ1v) is 9.91. The number of nitro groups is 1. The molecule has 0 radical (unpaired) electrons. The van der Waals surface area contributed by atoms with Crippen molar-refractivity contribution in [2.45, 2.75) is 19.2 Å². The number of hydrogen-bond donors (Lipinski definition) is 0. The van der Waals surface area contributed by atoms with E-state index < -0.39 is 10.6 Å². The third-order valence-electron chi connectivity index (χ3n) is 5.46. The smallest absolute Gasteiger partial charge is 0.416 e. The molecule has 0 unspecified atom stereocenters. The number of halogens is 1. The lowest BCUT2D eigenvalue weighted by Crippen LogP contribution is -2.57. The van der Waals surface area contributed by atoms with Crippen LogP contribution in [0.4, 0.5) is 5.82 Å². The van der Waals surface area contributed by atoms with Crippen LogP contribution in [0.2, 0.25) is 5.02 Å². The molecule has 1 fully saturated rings. The molecule has 1 atom stereocenters. The fourth-order valence-electron chi connectivity index (χ4n) is 3.90. The minimum Gasteiger partial charge on any atom is -0.455 e. The van der Waals surface area contributed by atoms with Crippen LogP contribution in [0.5, 0.6) is 6.01 Å². The van der Waals surface area contributed by atoms with Crippen LogP contribution < -0.4 is 4.74 Å². The SMILES string of the molecule is C[C@@]1(N2CCN(/N=C/c3cc4cc(Cl)ccc4o3)CC2)Cn2cc([N+](=O)[O-])nc2O1. The summed E-state index contributed by atoms with van der Waals surface area (Å²) in [4.78, 5) is 16.5. The second-order valence-electron chi connectivity index (χ2n) is 7.56. The van der Waals surface area contributed by atoms with E-state index in [-0.39, 0.29) is 11.8 Å². The Hall–Kier alpha value is -3.11. The van der Waals surface area contributed by atoms with Gasteiger partial charge in [-0.25, -0.2) is 0 Å². The van der Waals surface area contributed by atoms with Gasteiger partial charge in [0.05, 0.1) is 12.8 Å². The summed E-state index contributed by atoms with van der Waals surface area (Å²) >= 11 is 6.02. The van der Waals surface area contributed by atoms with Crippen LogP contribution in [0.15, 0.2) is 40.0 Å². The Bertz CT molecular complexity index is 1120. The fraction of sp³-hybridized carbons (Fsp3) is 0.368. The highest BCUT2D eigenvalue weighted by molar-refractivity contribution is 6.31. The molecule has 5 rings (SSSR count). The van der Waals surface area contributed by atoms with Crippen molar-refractivity contribution in [1.82, 2.24) is 19.5 Å². The zero-order valence-corrected chi connectivity index (χ0v) is 16.9. The Morgan fingerprint density at radius 2 is 2.10 bits per heavy atom. The van der Waals surface area contributed by atoms with E-state index in [1.54, 1.807) is 16.8 Å². The predicted octanol–water partition coefficient (Wildman–Crippen LogP) is 2.95. The van der Waals surface area contributed by atoms with Crippen LogP contribution in [0.1, 0.15) is 12.7 Å². The lowest BCUT2D eigenvalue weighted by atomic mass is 10.2. The molecule has 1 saturated heterocycles. The van der Waals surface area contributed by atoms with Crippen LogP contribution in [-0.2, 0) is 6.54 Å². The van der Waals surface area contributed by atoms with Crippen LogP contribution in [0.3, 0.4) is 0 Å². The fourth-order valence-corrected chi connectivity index (χ4v) is 4.08. The minimum absolute atomic E-state index is 0.195. The molecule has 0 saturated carbocycles. The summed E-state index contributed by atoms with van der Waals surface area (Å²) in [6.45, 7) is 5.42. The summed E-state index contributed by atoms with van der Waals surface area (Å²) in [5, 5.41) is 19.0. The molecule has 0 N–H and O–H groups in total. The molecule has 2 aliphatic rings. The maximum atomic E-state index is 10.9. The molecule has 156 valence electrons. The number of hydrazone groups is 1. The lowest BCUT2D eigenvalue weighted by Gasteiger charge is -2.41. The lowest BCUT2D eigenvalue weighted by molar-refractivity contribution is -0.389. The molecule has 0 aliphatic carbocycles. The number of ether oxygens (including phenoxy) is 1. The maximum absolute atomic E-state index is 10.9. The normalized spacial score (nSPS) is 22.0. The average Bonchev–Trinajstić information content (AvgIpc) is 3.37. The van der Waals surface area contributed by atoms with Crippen molar-refractivity contribution in [3.63, 3.8) is 0 Å². The van der Waals surface area contributed by atoms with Gasteiger partial charge in [0, 0.05) is 41.6 Å². The van der Waals surface area contributed by atoms with Gasteiger partial charge in [0.15, 0.2) is 5.72 Å². The summed E-state index contributed by atoms with van der Waals surface area (Å²) < 4.78 is 13.4. The molecular formula is C19H19ClN6O4. The van der Waals surface area contributed by atoms with Crippen molar-refractivity contribution in [2.75, 3.05) is 26.2 Å². The zero-order valence-electron chi connectivity index (χ0n) is 16.2. The van der Waals surface area contributed by atoms with Gasteiger partial charge in [0.25, 0.3) is 0 Å². The van der Waals surface area contributed by atoms with Gasteiger partial charge in [-0.05, 0) is 36.1 Å². The molecule has 0 amide bonds. The third-order valence-corrected chi connectivity index (χ3v) is 5.69. The second kappa shape index (κ2) is 6.99. The standard InChI is InChI=1S/C19H19ClN6O4/c1-19(12-23-11-17(26(27)28)22-18(23)30-19)24-4-6-25(7-5-24)21-10-15-9-13-8-14(20)2-3-16(13)29-15/h2-3,8-11H,4-7,12H2,1H3/b21-10+/t19-/m0/s1. The molecule has 10 nitrogen and oxygen atoms in total. The average molecular weight is 431 g/mol. The Labute approximate surface area is 176 Å². The van der Waals surface area contributed by atoms with Gasteiger partial charge < -0.3 is 19.3 Å². The number of hydrogen-bond acceptors (Lipinski definition) is 8. The number of benzene rings is 1. The van der Waals surface area contributed by atoms with Gasteiger partial charge in [-0.15, -0.1) is 0 Å². The molecule has 1 aromatic carbocycles. The van der Waals surface area contributed by atoms with E-state index in [1.165, 1.54) is 6.20 Å². The Kier molecular flexibility index (Phi) is 4.40. The molecule has 2 aromatic heterocycles. The van der Waals surface area contributed by atoms with Crippen molar-refractivity contribution in [2.24, 2.45) is 5.10 Å². The van der Waals surface area contributed by atoms with E-state index in [4.69, 9.17) is 20.8 Å². The third kappa shape index (κ3) is 3.37. The molecular weight excluding hydrogens is 412 g/mol. The van der Waals surface area contributed by atoms with Crippen molar-refractivity contribution in [3.05, 3.63) is 51.4 Å². The molecule has 11 heteroatoms. The van der Waals surface area contributed by atoms with Crippen LogP contribution in [-0.4, -0.2) is 62.5 Å². The van der Waals surface area contributed by atoms with Crippen molar-refractivity contribution < 1.29 is 14.1 Å². The van der Waals surface area contributed by atoms with E-state index in [0.717, 1.165) is 37.1 Å². The summed E-state index contributed by atoms with van der Waals surface area (Å²) in [5.74, 6) is 0.479. The first-order chi connectivity index (χ1) is 14.4. The number of aromatic nitrogens is 2. The van der Waals surface area contributed by atoms with Gasteiger partial charge in [0.1, 0.15) is 17.5 Å². The highest BCUT2D eigenvalue weighted by Crippen LogP contribution is 2.33. The first kappa shape index (κ1) is 18.9. The van der Waals surface area contributed by atoms with Gasteiger partial charge in [0.2, 0.25) is 0 Å². The van der Waals surface area contributed by atoms with Gasteiger partial charge >= 0.3 is 11.8 Å². The summed E-state index contributed by atoms with van der Waals surface area (Å²) in [7, 11) is 0. The zero-order chi connectivity index (χ0) is 20.9. The Morgan fingerprint density at radius 1 is 1.30 bits per heavy atom. The van der Waals surface area contributed by atoms with Crippen LogP contribution >= 0.6 is 11.6 Å². The number of fused-ring (bicyclic) bond motifs is 2. The maximum Gasteiger partial charge on any atom is 0.416 e. The summed E-state index contributed by atoms with van der Waals surface area (Å²) in [6, 6.07) is 7.70. The number of imidazole rings is 1. The van der Waals surface area contributed by atoms with Crippen LogP contribution in [0, 0.1) is 10.1 Å². The highest BCUT2D eigenvalue weighted by atomic mass is 35.5. The monoisotopic (exact) mass is 430 g/mol. The first-order valence-electron chi connectivity index (χ1n) is 9.53. The summed E-state index contributed by atoms with van der Waals surface area (Å²) in [6.07, 6.45) is 3.13. The van der Waals surface area contributed by atoms with Crippen LogP contribution in [0.25, 0.3) is 11.0 Å². The van der Waals surface area contributed by atoms with Crippen molar-refractivity contribution in [3.8, 4) is 6.01 Å². The molecule has 2 aliphatic heterocycles. The minimum atomic E-state index is -0.578.